The molecular formula is C30H36O2Si. The predicted molar refractivity (Wildman–Crippen MR) is 143 cm³/mol. The van der Waals surface area contributed by atoms with Crippen LogP contribution in [0, 0.1) is 0 Å². The molecule has 0 spiro atoms. The van der Waals surface area contributed by atoms with E-state index in [0.29, 0.717) is 5.57 Å². The lowest BCUT2D eigenvalue weighted by molar-refractivity contribution is -0.135. The molecule has 3 heteroatoms. The molecule has 0 radical (unpaired) electrons. The number of hydrogen-bond acceptors (Lipinski definition) is 2. The van der Waals surface area contributed by atoms with Gasteiger partial charge in [0.05, 0.1) is 12.7 Å². The lowest BCUT2D eigenvalue weighted by Crippen LogP contribution is -2.31. The number of carbonyl (C=O) groups excluding carboxylic acids is 1. The number of unbranched alkanes of at least 4 members (excludes halogenated alkanes) is 1. The first-order valence-electron chi connectivity index (χ1n) is 12.0. The highest BCUT2D eigenvalue weighted by Crippen LogP contribution is 2.41. The van der Waals surface area contributed by atoms with Gasteiger partial charge in [-0.25, -0.2) is 4.79 Å². The van der Waals surface area contributed by atoms with Gasteiger partial charge in [-0.3, -0.25) is 0 Å². The number of ether oxygens (including phenoxy) is 1. The van der Waals surface area contributed by atoms with Crippen molar-refractivity contribution in [2.75, 3.05) is 7.11 Å². The predicted octanol–water partition coefficient (Wildman–Crippen LogP) is 7.95. The molecule has 33 heavy (non-hydrogen) atoms. The second-order valence-corrected chi connectivity index (χ2v) is 13.4. The molecule has 2 aromatic rings. The lowest BCUT2D eigenvalue weighted by atomic mass is 9.86. The quantitative estimate of drug-likeness (QED) is 0.297. The van der Waals surface area contributed by atoms with E-state index in [1.54, 1.807) is 0 Å². The standard InChI is InChI=1S/C30H36O2Si/c1-6-8-16-24(15-7-2)29(25-19-13-10-14-20-25)26-21-28(23-17-11-9-12-18-23)33(4,5)22-27(26)30(31)32-3/h9-14,16-22H,6-8,15H2,1-5H3/b24-16+,29-26-. The molecule has 3 rings (SSSR count). The molecule has 0 fully saturated rings. The van der Waals surface area contributed by atoms with Crippen LogP contribution in [-0.4, -0.2) is 21.2 Å². The van der Waals surface area contributed by atoms with E-state index in [2.05, 4.69) is 99.4 Å². The lowest BCUT2D eigenvalue weighted by Gasteiger charge is -2.31. The molecule has 0 saturated carbocycles. The second-order valence-electron chi connectivity index (χ2n) is 9.12. The summed E-state index contributed by atoms with van der Waals surface area (Å²) in [5.41, 5.74) is 8.74. The Balaban J connectivity index is 2.40. The topological polar surface area (TPSA) is 26.3 Å². The van der Waals surface area contributed by atoms with Crippen molar-refractivity contribution >= 4 is 24.8 Å². The molecule has 1 aliphatic heterocycles. The molecule has 0 unspecified atom stereocenters. The fourth-order valence-electron chi connectivity index (χ4n) is 4.52. The minimum absolute atomic E-state index is 0.256. The van der Waals surface area contributed by atoms with Crippen LogP contribution in [0.3, 0.4) is 0 Å². The van der Waals surface area contributed by atoms with E-state index in [0.717, 1.165) is 42.4 Å². The summed E-state index contributed by atoms with van der Waals surface area (Å²) in [6.07, 6.45) is 8.77. The first-order valence-corrected chi connectivity index (χ1v) is 15.1. The summed E-state index contributed by atoms with van der Waals surface area (Å²) in [7, 11) is -0.546. The average molecular weight is 457 g/mol. The Hall–Kier alpha value is -2.91. The van der Waals surface area contributed by atoms with Crippen LogP contribution in [-0.2, 0) is 9.53 Å². The van der Waals surface area contributed by atoms with Crippen LogP contribution in [0.2, 0.25) is 13.1 Å². The van der Waals surface area contributed by atoms with Crippen molar-refractivity contribution in [3.63, 3.8) is 0 Å². The zero-order chi connectivity index (χ0) is 23.8. The third-order valence-electron chi connectivity index (χ3n) is 6.12. The van der Waals surface area contributed by atoms with Crippen LogP contribution in [0.5, 0.6) is 0 Å². The van der Waals surface area contributed by atoms with Crippen LogP contribution < -0.4 is 0 Å². The van der Waals surface area contributed by atoms with Gasteiger partial charge in [0.1, 0.15) is 8.07 Å². The number of esters is 1. The maximum atomic E-state index is 13.1. The number of methoxy groups -OCH3 is 1. The van der Waals surface area contributed by atoms with E-state index >= 15 is 0 Å². The van der Waals surface area contributed by atoms with Crippen LogP contribution in [0.4, 0.5) is 0 Å². The molecule has 1 aliphatic rings. The molecule has 0 aliphatic carbocycles. The number of rotatable bonds is 8. The van der Waals surface area contributed by atoms with Gasteiger partial charge in [-0.2, -0.15) is 0 Å². The highest BCUT2D eigenvalue weighted by atomic mass is 28.3. The smallest absolute Gasteiger partial charge is 0.337 e. The van der Waals surface area contributed by atoms with Crippen molar-refractivity contribution in [2.24, 2.45) is 0 Å². The molecule has 0 amide bonds. The van der Waals surface area contributed by atoms with Gasteiger partial charge >= 0.3 is 5.97 Å². The molecule has 0 N–H and O–H groups in total. The van der Waals surface area contributed by atoms with Crippen molar-refractivity contribution < 1.29 is 9.53 Å². The molecule has 172 valence electrons. The van der Waals surface area contributed by atoms with Gasteiger partial charge in [0.2, 0.25) is 0 Å². The van der Waals surface area contributed by atoms with E-state index < -0.39 is 8.07 Å². The van der Waals surface area contributed by atoms with Gasteiger partial charge in [0.25, 0.3) is 0 Å². The van der Waals surface area contributed by atoms with Crippen molar-refractivity contribution in [1.29, 1.82) is 0 Å². The maximum absolute atomic E-state index is 13.1. The molecule has 1 heterocycles. The first kappa shape index (κ1) is 24.7. The molecule has 0 bridgehead atoms. The molecular weight excluding hydrogens is 420 g/mol. The van der Waals surface area contributed by atoms with Crippen molar-refractivity contribution in [3.8, 4) is 0 Å². The normalized spacial score (nSPS) is 17.2. The molecule has 2 nitrogen and oxygen atoms in total. The minimum Gasteiger partial charge on any atom is -0.465 e. The Kier molecular flexibility index (Phi) is 8.46. The highest BCUT2D eigenvalue weighted by Gasteiger charge is 2.34. The number of carbonyl (C=O) groups is 1. The Morgan fingerprint density at radius 3 is 2.15 bits per heavy atom. The third-order valence-corrected chi connectivity index (χ3v) is 8.95. The first-order chi connectivity index (χ1) is 15.9. The maximum Gasteiger partial charge on any atom is 0.337 e. The van der Waals surface area contributed by atoms with E-state index in [1.807, 2.05) is 6.07 Å². The molecule has 0 atom stereocenters. The van der Waals surface area contributed by atoms with Crippen LogP contribution in [0.15, 0.2) is 95.2 Å². The van der Waals surface area contributed by atoms with E-state index in [9.17, 15) is 4.79 Å². The van der Waals surface area contributed by atoms with E-state index in [4.69, 9.17) is 4.74 Å². The van der Waals surface area contributed by atoms with Gasteiger partial charge in [-0.15, -0.1) is 0 Å². The van der Waals surface area contributed by atoms with E-state index in [-0.39, 0.29) is 5.97 Å². The highest BCUT2D eigenvalue weighted by molar-refractivity contribution is 6.99. The summed E-state index contributed by atoms with van der Waals surface area (Å²) >= 11 is 0. The molecule has 2 aromatic carbocycles. The van der Waals surface area contributed by atoms with Gasteiger partial charge in [0, 0.05) is 0 Å². The monoisotopic (exact) mass is 456 g/mol. The van der Waals surface area contributed by atoms with Gasteiger partial charge in [-0.05, 0) is 45.9 Å². The van der Waals surface area contributed by atoms with Crippen molar-refractivity contribution in [2.45, 2.75) is 52.6 Å². The Morgan fingerprint density at radius 1 is 0.939 bits per heavy atom. The Labute approximate surface area is 200 Å². The number of benzene rings is 2. The summed E-state index contributed by atoms with van der Waals surface area (Å²) in [4.78, 5) is 13.1. The van der Waals surface area contributed by atoms with Gasteiger partial charge in [0.15, 0.2) is 0 Å². The van der Waals surface area contributed by atoms with Gasteiger partial charge < -0.3 is 4.74 Å². The summed E-state index contributed by atoms with van der Waals surface area (Å²) in [5.74, 6) is -0.256. The molecule has 0 aromatic heterocycles. The average Bonchev–Trinajstić information content (AvgIpc) is 2.83. The zero-order valence-electron chi connectivity index (χ0n) is 20.7. The van der Waals surface area contributed by atoms with Crippen molar-refractivity contribution in [1.82, 2.24) is 0 Å². The molecule has 0 saturated heterocycles. The number of allylic oxidation sites excluding steroid dienone is 4. The fraction of sp³-hybridized carbons (Fsp3) is 0.300. The summed E-state index contributed by atoms with van der Waals surface area (Å²) in [5, 5.41) is 1.34. The zero-order valence-corrected chi connectivity index (χ0v) is 21.7. The van der Waals surface area contributed by atoms with Crippen LogP contribution in [0.25, 0.3) is 10.8 Å². The Morgan fingerprint density at radius 2 is 1.58 bits per heavy atom. The number of hydrogen-bond donors (Lipinski definition) is 0. The van der Waals surface area contributed by atoms with Crippen LogP contribution in [0.1, 0.15) is 50.7 Å². The summed E-state index contributed by atoms with van der Waals surface area (Å²) < 4.78 is 5.29. The SMILES string of the molecule is CCC/C=C(CCC)/C(=C1\C=C(c2ccccc2)[Si](C)(C)C=C1C(=O)OC)c1ccccc1. The second kappa shape index (κ2) is 11.3. The van der Waals surface area contributed by atoms with E-state index in [1.165, 1.54) is 23.4 Å². The minimum atomic E-state index is -2.03. The van der Waals surface area contributed by atoms with Crippen molar-refractivity contribution in [3.05, 3.63) is 106 Å². The third kappa shape index (κ3) is 5.72. The fourth-order valence-corrected chi connectivity index (χ4v) is 7.10. The Bertz CT molecular complexity index is 1090. The van der Waals surface area contributed by atoms with Gasteiger partial charge in [-0.1, -0.05) is 118 Å². The largest absolute Gasteiger partial charge is 0.465 e. The summed E-state index contributed by atoms with van der Waals surface area (Å²) in [6.45, 7) is 9.02. The summed E-state index contributed by atoms with van der Waals surface area (Å²) in [6, 6.07) is 21.1. The van der Waals surface area contributed by atoms with Crippen LogP contribution >= 0.6 is 0 Å².